The number of carbonyl (C=O) groups is 2. The Morgan fingerprint density at radius 2 is 1.85 bits per heavy atom. The Morgan fingerprint density at radius 1 is 1.25 bits per heavy atom. The number of hydrogen-bond acceptors (Lipinski definition) is 3. The molecule has 0 aliphatic heterocycles. The average molecular weight is 287 g/mol. The van der Waals surface area contributed by atoms with Gasteiger partial charge in [-0.15, -0.1) is 0 Å². The smallest absolute Gasteiger partial charge is 0.454 e. The van der Waals surface area contributed by atoms with Crippen LogP contribution < -0.4 is 5.32 Å². The first kappa shape index (κ1) is 15.7. The molecule has 0 aromatic heterocycles. The van der Waals surface area contributed by atoms with E-state index >= 15 is 0 Å². The van der Waals surface area contributed by atoms with Crippen molar-refractivity contribution in [1.29, 1.82) is 0 Å². The molecule has 1 atom stereocenters. The molecule has 0 saturated carbocycles. The lowest BCUT2D eigenvalue weighted by Crippen LogP contribution is -2.35. The van der Waals surface area contributed by atoms with Crippen molar-refractivity contribution in [1.82, 2.24) is 5.32 Å². The summed E-state index contributed by atoms with van der Waals surface area (Å²) in [7, 11) is 0. The van der Waals surface area contributed by atoms with Crippen LogP contribution in [0.2, 0.25) is 0 Å². The van der Waals surface area contributed by atoms with E-state index in [0.29, 0.717) is 11.8 Å². The van der Waals surface area contributed by atoms with Crippen molar-refractivity contribution in [2.24, 2.45) is 0 Å². The first-order chi connectivity index (χ1) is 9.30. The second-order valence-electron chi connectivity index (χ2n) is 3.94. The van der Waals surface area contributed by atoms with Gasteiger partial charge in [0.15, 0.2) is 0 Å². The fourth-order valence-corrected chi connectivity index (χ4v) is 1.40. The molecule has 0 aliphatic carbocycles. The minimum absolute atomic E-state index is 0.0840. The molecule has 1 aromatic carbocycles. The van der Waals surface area contributed by atoms with E-state index < -0.39 is 24.0 Å². The van der Waals surface area contributed by atoms with Crippen LogP contribution in [0.4, 0.5) is 13.2 Å². The van der Waals surface area contributed by atoms with Crippen molar-refractivity contribution < 1.29 is 27.9 Å². The minimum atomic E-state index is -4.96. The van der Waals surface area contributed by atoms with E-state index in [9.17, 15) is 22.8 Å². The van der Waals surface area contributed by atoms with E-state index in [-0.39, 0.29) is 12.5 Å². The van der Waals surface area contributed by atoms with Crippen LogP contribution in [0.15, 0.2) is 42.6 Å². The number of rotatable bonds is 6. The summed E-state index contributed by atoms with van der Waals surface area (Å²) in [6.07, 6.45) is -3.91. The van der Waals surface area contributed by atoms with Gasteiger partial charge in [-0.25, -0.2) is 4.79 Å². The third-order valence-corrected chi connectivity index (χ3v) is 2.39. The number of carboxylic acids is 1. The highest BCUT2D eigenvalue weighted by Crippen LogP contribution is 2.16. The predicted molar refractivity (Wildman–Crippen MR) is 64.9 cm³/mol. The fourth-order valence-electron chi connectivity index (χ4n) is 1.40. The van der Waals surface area contributed by atoms with Crippen LogP contribution in [0, 0.1) is 0 Å². The Morgan fingerprint density at radius 3 is 2.35 bits per heavy atom. The fraction of sp³-hybridized carbons (Fsp3) is 0.231. The molecule has 0 spiro atoms. The Kier molecular flexibility index (Phi) is 5.31. The number of carboxylic acid groups (broad SMARTS) is 1. The summed E-state index contributed by atoms with van der Waals surface area (Å²) in [4.78, 5) is 21.5. The van der Waals surface area contributed by atoms with Crippen LogP contribution in [-0.4, -0.2) is 29.1 Å². The average Bonchev–Trinajstić information content (AvgIpc) is 2.37. The van der Waals surface area contributed by atoms with Gasteiger partial charge >= 0.3 is 12.1 Å². The molecule has 1 rings (SSSR count). The summed E-state index contributed by atoms with van der Waals surface area (Å²) in [5.74, 6) is -3.27. The number of allylic oxidation sites excluding steroid dienone is 1. The predicted octanol–water partition coefficient (Wildman–Crippen LogP) is 1.92. The summed E-state index contributed by atoms with van der Waals surface area (Å²) < 4.78 is 35.8. The number of carbonyl (C=O) groups excluding carboxylic acids is 1. The van der Waals surface area contributed by atoms with Crippen molar-refractivity contribution in [3.8, 4) is 0 Å². The molecule has 0 saturated heterocycles. The standard InChI is InChI=1S/C13H12F3NO3/c14-13(15,16)11(18)6-7-17-10(12(19)20)8-9-4-2-1-3-5-9/h1-7,10,17H,8H2,(H,19,20)/b7-6-. The van der Waals surface area contributed by atoms with Gasteiger partial charge in [0.2, 0.25) is 0 Å². The molecule has 20 heavy (non-hydrogen) atoms. The summed E-state index contributed by atoms with van der Waals surface area (Å²) >= 11 is 0. The molecule has 2 N–H and O–H groups in total. The second-order valence-corrected chi connectivity index (χ2v) is 3.94. The zero-order chi connectivity index (χ0) is 15.2. The Bertz CT molecular complexity index is 497. The molecule has 7 heteroatoms. The minimum Gasteiger partial charge on any atom is -0.480 e. The first-order valence-corrected chi connectivity index (χ1v) is 5.61. The summed E-state index contributed by atoms with van der Waals surface area (Å²) in [6.45, 7) is 0. The number of ketones is 1. The highest BCUT2D eigenvalue weighted by molar-refractivity contribution is 5.94. The number of nitrogens with one attached hydrogen (secondary N) is 1. The maximum absolute atomic E-state index is 11.9. The summed E-state index contributed by atoms with van der Waals surface area (Å²) in [5.41, 5.74) is 0.711. The van der Waals surface area contributed by atoms with Crippen molar-refractivity contribution in [3.63, 3.8) is 0 Å². The quantitative estimate of drug-likeness (QED) is 0.784. The molecule has 0 amide bonds. The van der Waals surface area contributed by atoms with Crippen molar-refractivity contribution in [3.05, 3.63) is 48.2 Å². The molecule has 0 radical (unpaired) electrons. The normalized spacial score (nSPS) is 13.2. The van der Waals surface area contributed by atoms with Crippen LogP contribution in [-0.2, 0) is 16.0 Å². The summed E-state index contributed by atoms with van der Waals surface area (Å²) in [5, 5.41) is 11.2. The molecule has 1 aromatic rings. The van der Waals surface area contributed by atoms with Gasteiger partial charge < -0.3 is 10.4 Å². The van der Waals surface area contributed by atoms with Crippen molar-refractivity contribution in [2.45, 2.75) is 18.6 Å². The Labute approximate surface area is 112 Å². The molecule has 0 aliphatic rings. The first-order valence-electron chi connectivity index (χ1n) is 5.61. The molecule has 4 nitrogen and oxygen atoms in total. The summed E-state index contributed by atoms with van der Waals surface area (Å²) in [6, 6.07) is 7.47. The van der Waals surface area contributed by atoms with Gasteiger partial charge in [0.25, 0.3) is 5.78 Å². The maximum atomic E-state index is 11.9. The van der Waals surface area contributed by atoms with Gasteiger partial charge in [0.1, 0.15) is 6.04 Å². The van der Waals surface area contributed by atoms with Crippen LogP contribution in [0.3, 0.4) is 0 Å². The van der Waals surface area contributed by atoms with E-state index in [2.05, 4.69) is 5.32 Å². The Hall–Kier alpha value is -2.31. The van der Waals surface area contributed by atoms with Gasteiger partial charge in [-0.3, -0.25) is 4.79 Å². The van der Waals surface area contributed by atoms with Crippen LogP contribution >= 0.6 is 0 Å². The third-order valence-electron chi connectivity index (χ3n) is 2.39. The van der Waals surface area contributed by atoms with Crippen LogP contribution in [0.5, 0.6) is 0 Å². The monoisotopic (exact) mass is 287 g/mol. The molecule has 1 unspecified atom stereocenters. The van der Waals surface area contributed by atoms with E-state index in [1.54, 1.807) is 30.3 Å². The van der Waals surface area contributed by atoms with Gasteiger partial charge in [-0.05, 0) is 5.56 Å². The number of aliphatic carboxylic acids is 1. The molecule has 108 valence electrons. The highest BCUT2D eigenvalue weighted by atomic mass is 19.4. The zero-order valence-electron chi connectivity index (χ0n) is 10.2. The highest BCUT2D eigenvalue weighted by Gasteiger charge is 2.36. The molecule has 0 heterocycles. The second kappa shape index (κ2) is 6.74. The zero-order valence-corrected chi connectivity index (χ0v) is 10.2. The number of halogens is 3. The van der Waals surface area contributed by atoms with Gasteiger partial charge in [0, 0.05) is 18.7 Å². The van der Waals surface area contributed by atoms with Crippen molar-refractivity contribution >= 4 is 11.8 Å². The molecular weight excluding hydrogens is 275 g/mol. The third kappa shape index (κ3) is 5.13. The van der Waals surface area contributed by atoms with Crippen LogP contribution in [0.1, 0.15) is 5.56 Å². The molecular formula is C13H12F3NO3. The number of hydrogen-bond donors (Lipinski definition) is 2. The van der Waals surface area contributed by atoms with Gasteiger partial charge in [-0.1, -0.05) is 30.3 Å². The number of benzene rings is 1. The maximum Gasteiger partial charge on any atom is 0.454 e. The van der Waals surface area contributed by atoms with E-state index in [0.717, 1.165) is 0 Å². The topological polar surface area (TPSA) is 66.4 Å². The van der Waals surface area contributed by atoms with E-state index in [4.69, 9.17) is 5.11 Å². The molecule has 0 bridgehead atoms. The Balaban J connectivity index is 2.63. The largest absolute Gasteiger partial charge is 0.480 e. The van der Waals surface area contributed by atoms with Crippen molar-refractivity contribution in [2.75, 3.05) is 0 Å². The van der Waals surface area contributed by atoms with Gasteiger partial charge in [-0.2, -0.15) is 13.2 Å². The lowest BCUT2D eigenvalue weighted by atomic mass is 10.1. The number of alkyl halides is 3. The molecule has 0 fully saturated rings. The van der Waals surface area contributed by atoms with E-state index in [1.807, 2.05) is 0 Å². The lowest BCUT2D eigenvalue weighted by molar-refractivity contribution is -0.165. The SMILES string of the molecule is O=C(O)C(Cc1ccccc1)N/C=C\C(=O)C(F)(F)F. The van der Waals surface area contributed by atoms with Gasteiger partial charge in [0.05, 0.1) is 0 Å². The van der Waals surface area contributed by atoms with E-state index in [1.165, 1.54) is 0 Å². The van der Waals surface area contributed by atoms with Crippen LogP contribution in [0.25, 0.3) is 0 Å². The lowest BCUT2D eigenvalue weighted by Gasteiger charge is -2.12.